The minimum absolute atomic E-state index is 0.0837. The van der Waals surface area contributed by atoms with Crippen LogP contribution in [0.1, 0.15) is 23.5 Å². The number of rotatable bonds is 10. The Morgan fingerprint density at radius 3 is 2.14 bits per heavy atom. The van der Waals surface area contributed by atoms with Gasteiger partial charge in [0.2, 0.25) is 10.0 Å². The van der Waals surface area contributed by atoms with Gasteiger partial charge in [0.15, 0.2) is 5.13 Å². The molecule has 2 amide bonds. The predicted octanol–water partition coefficient (Wildman–Crippen LogP) is 7.49. The Labute approximate surface area is 254 Å². The molecule has 42 heavy (non-hydrogen) atoms. The molecule has 0 atom stereocenters. The van der Waals surface area contributed by atoms with Crippen LogP contribution in [0.25, 0.3) is 11.3 Å². The zero-order chi connectivity index (χ0) is 29.5. The van der Waals surface area contributed by atoms with Crippen LogP contribution in [0.15, 0.2) is 109 Å². The van der Waals surface area contributed by atoms with Gasteiger partial charge in [-0.15, -0.1) is 0 Å². The molecular weight excluding hydrogens is 590 g/mol. The number of carbonyl (C=O) groups excluding carboxylic acids is 1. The van der Waals surface area contributed by atoms with Crippen LogP contribution in [-0.4, -0.2) is 37.2 Å². The Morgan fingerprint density at radius 2 is 1.57 bits per heavy atom. The molecule has 0 saturated heterocycles. The van der Waals surface area contributed by atoms with Crippen molar-refractivity contribution < 1.29 is 13.2 Å². The van der Waals surface area contributed by atoms with Gasteiger partial charge in [0.05, 0.1) is 18.1 Å². The van der Waals surface area contributed by atoms with E-state index in [9.17, 15) is 13.2 Å². The highest BCUT2D eigenvalue weighted by molar-refractivity contribution is 7.92. The van der Waals surface area contributed by atoms with E-state index in [2.05, 4.69) is 44.3 Å². The average Bonchev–Trinajstić information content (AvgIpc) is 3.35. The number of thiazole rings is 1. The molecule has 0 aliphatic carbocycles. The molecule has 0 bridgehead atoms. The van der Waals surface area contributed by atoms with Gasteiger partial charge in [0, 0.05) is 29.9 Å². The second kappa shape index (κ2) is 13.2. The molecule has 0 spiro atoms. The lowest BCUT2D eigenvalue weighted by Crippen LogP contribution is -2.36. The maximum Gasteiger partial charge on any atom is 0.328 e. The van der Waals surface area contributed by atoms with Crippen LogP contribution >= 0.6 is 22.9 Å². The highest BCUT2D eigenvalue weighted by Crippen LogP contribution is 2.36. The van der Waals surface area contributed by atoms with Crippen LogP contribution in [0.3, 0.4) is 0 Å². The van der Waals surface area contributed by atoms with Crippen molar-refractivity contribution in [3.63, 3.8) is 0 Å². The zero-order valence-corrected chi connectivity index (χ0v) is 25.0. The SMILES string of the molecule is CS(=O)(=O)Nc1ccc(-c2nc(NC(=O)N(CCC(c3ccccc3)c3ccccc3)c3cccnc3)sc2Cl)cc1. The molecular formula is C31H28ClN5O3S2. The second-order valence-corrected chi connectivity index (χ2v) is 12.9. The molecule has 0 radical (unpaired) electrons. The van der Waals surface area contributed by atoms with Crippen LogP contribution in [0, 0.1) is 0 Å². The van der Waals surface area contributed by atoms with E-state index in [1.54, 1.807) is 47.6 Å². The molecule has 5 rings (SSSR count). The number of hydrogen-bond donors (Lipinski definition) is 2. The number of pyridine rings is 1. The number of halogens is 1. The number of urea groups is 1. The van der Waals surface area contributed by atoms with E-state index >= 15 is 0 Å². The number of amides is 2. The number of hydrogen-bond acceptors (Lipinski definition) is 6. The minimum atomic E-state index is -3.39. The van der Waals surface area contributed by atoms with Gasteiger partial charge < -0.3 is 0 Å². The third-order valence-electron chi connectivity index (χ3n) is 6.51. The molecule has 0 fully saturated rings. The summed E-state index contributed by atoms with van der Waals surface area (Å²) in [5, 5.41) is 3.25. The summed E-state index contributed by atoms with van der Waals surface area (Å²) in [6.45, 7) is 0.423. The van der Waals surface area contributed by atoms with E-state index in [1.165, 1.54) is 11.1 Å². The summed E-state index contributed by atoms with van der Waals surface area (Å²) in [6.07, 6.45) is 5.09. The lowest BCUT2D eigenvalue weighted by atomic mass is 9.88. The van der Waals surface area contributed by atoms with Gasteiger partial charge in [0.25, 0.3) is 0 Å². The molecule has 3 aromatic carbocycles. The Bertz CT molecular complexity index is 1690. The van der Waals surface area contributed by atoms with Crippen LogP contribution in [0.2, 0.25) is 4.34 Å². The first-order valence-electron chi connectivity index (χ1n) is 13.1. The number of benzene rings is 3. The van der Waals surface area contributed by atoms with Crippen molar-refractivity contribution in [3.05, 3.63) is 125 Å². The van der Waals surface area contributed by atoms with E-state index in [1.807, 2.05) is 42.5 Å². The largest absolute Gasteiger partial charge is 0.328 e. The molecule has 0 unspecified atom stereocenters. The zero-order valence-electron chi connectivity index (χ0n) is 22.6. The first-order valence-corrected chi connectivity index (χ1v) is 16.2. The van der Waals surface area contributed by atoms with E-state index in [4.69, 9.17) is 11.6 Å². The smallest absolute Gasteiger partial charge is 0.293 e. The molecule has 2 heterocycles. The first-order chi connectivity index (χ1) is 20.3. The van der Waals surface area contributed by atoms with Gasteiger partial charge >= 0.3 is 6.03 Å². The van der Waals surface area contributed by atoms with E-state index in [0.29, 0.717) is 45.1 Å². The summed E-state index contributed by atoms with van der Waals surface area (Å²) in [5.41, 5.74) is 4.61. The number of carbonyl (C=O) groups is 1. The Hall–Kier alpha value is -4.25. The summed E-state index contributed by atoms with van der Waals surface area (Å²) in [7, 11) is -3.39. The Kier molecular flexibility index (Phi) is 9.16. The summed E-state index contributed by atoms with van der Waals surface area (Å²) < 4.78 is 25.8. The van der Waals surface area contributed by atoms with Gasteiger partial charge in [-0.25, -0.2) is 18.2 Å². The highest BCUT2D eigenvalue weighted by atomic mass is 35.5. The van der Waals surface area contributed by atoms with Crippen molar-refractivity contribution in [2.24, 2.45) is 0 Å². The molecule has 5 aromatic rings. The molecule has 11 heteroatoms. The van der Waals surface area contributed by atoms with Crippen molar-refractivity contribution in [2.45, 2.75) is 12.3 Å². The monoisotopic (exact) mass is 617 g/mol. The third-order valence-corrected chi connectivity index (χ3v) is 8.29. The quantitative estimate of drug-likeness (QED) is 0.169. The lowest BCUT2D eigenvalue weighted by Gasteiger charge is -2.26. The van der Waals surface area contributed by atoms with Gasteiger partial charge in [-0.2, -0.15) is 0 Å². The number of anilines is 3. The topological polar surface area (TPSA) is 104 Å². The van der Waals surface area contributed by atoms with Crippen LogP contribution in [-0.2, 0) is 10.0 Å². The van der Waals surface area contributed by atoms with Crippen molar-refractivity contribution in [1.29, 1.82) is 0 Å². The third kappa shape index (κ3) is 7.52. The van der Waals surface area contributed by atoms with Crippen molar-refractivity contribution in [2.75, 3.05) is 27.7 Å². The lowest BCUT2D eigenvalue weighted by molar-refractivity contribution is 0.256. The van der Waals surface area contributed by atoms with Crippen molar-refractivity contribution >= 4 is 55.5 Å². The van der Waals surface area contributed by atoms with E-state index < -0.39 is 10.0 Å². The fourth-order valence-electron chi connectivity index (χ4n) is 4.62. The van der Waals surface area contributed by atoms with Crippen LogP contribution < -0.4 is 14.9 Å². The van der Waals surface area contributed by atoms with Crippen LogP contribution in [0.4, 0.5) is 21.3 Å². The molecule has 0 aliphatic heterocycles. The fraction of sp³-hybridized carbons (Fsp3) is 0.129. The molecule has 0 saturated carbocycles. The normalized spacial score (nSPS) is 11.3. The van der Waals surface area contributed by atoms with Crippen molar-refractivity contribution in [3.8, 4) is 11.3 Å². The van der Waals surface area contributed by atoms with Crippen LogP contribution in [0.5, 0.6) is 0 Å². The number of nitrogens with zero attached hydrogens (tertiary/aromatic N) is 3. The maximum atomic E-state index is 13.7. The summed E-state index contributed by atoms with van der Waals surface area (Å²) >= 11 is 7.66. The summed E-state index contributed by atoms with van der Waals surface area (Å²) in [6, 6.07) is 30.5. The minimum Gasteiger partial charge on any atom is -0.293 e. The number of aromatic nitrogens is 2. The van der Waals surface area contributed by atoms with Gasteiger partial charge in [-0.3, -0.25) is 19.9 Å². The van der Waals surface area contributed by atoms with E-state index in [-0.39, 0.29) is 11.9 Å². The summed E-state index contributed by atoms with van der Waals surface area (Å²) in [5.74, 6) is 0.0837. The molecule has 2 aromatic heterocycles. The Balaban J connectivity index is 1.36. The highest BCUT2D eigenvalue weighted by Gasteiger charge is 2.22. The average molecular weight is 618 g/mol. The maximum absolute atomic E-state index is 13.7. The fourth-order valence-corrected chi connectivity index (χ4v) is 6.26. The molecule has 214 valence electrons. The molecule has 2 N–H and O–H groups in total. The predicted molar refractivity (Wildman–Crippen MR) is 171 cm³/mol. The number of sulfonamides is 1. The van der Waals surface area contributed by atoms with Gasteiger partial charge in [-0.05, 0) is 41.8 Å². The molecule has 0 aliphatic rings. The summed E-state index contributed by atoms with van der Waals surface area (Å²) in [4.78, 5) is 24.1. The second-order valence-electron chi connectivity index (χ2n) is 9.55. The first kappa shape index (κ1) is 29.2. The van der Waals surface area contributed by atoms with E-state index in [0.717, 1.165) is 17.6 Å². The van der Waals surface area contributed by atoms with Gasteiger partial charge in [-0.1, -0.05) is 95.7 Å². The number of nitrogens with one attached hydrogen (secondary N) is 2. The Morgan fingerprint density at radius 1 is 0.929 bits per heavy atom. The molecule has 8 nitrogen and oxygen atoms in total. The van der Waals surface area contributed by atoms with Crippen molar-refractivity contribution in [1.82, 2.24) is 9.97 Å². The standard InChI is InChI=1S/C31H28ClN5O3S2/c1-42(39,40)36-25-16-14-24(15-17-25)28-29(32)41-30(34-28)35-31(38)37(26-13-8-19-33-21-26)20-18-27(22-9-4-2-5-10-22)23-11-6-3-7-12-23/h2-17,19,21,27,36H,18,20H2,1H3,(H,34,35,38). The van der Waals surface area contributed by atoms with Gasteiger partial charge in [0.1, 0.15) is 10.0 Å².